The first-order valence-corrected chi connectivity index (χ1v) is 6.60. The van der Waals surface area contributed by atoms with E-state index in [1.165, 1.54) is 6.92 Å². The fraction of sp³-hybridized carbons (Fsp3) is 0.385. The zero-order chi connectivity index (χ0) is 15.3. The molecule has 1 amide bonds. The lowest BCUT2D eigenvalue weighted by Crippen LogP contribution is -2.38. The molecule has 0 heterocycles. The Morgan fingerprint density at radius 1 is 1.40 bits per heavy atom. The Balaban J connectivity index is 2.87. The normalized spacial score (nSPS) is 11.8. The third kappa shape index (κ3) is 4.12. The van der Waals surface area contributed by atoms with Crippen LogP contribution >= 0.6 is 12.2 Å². The summed E-state index contributed by atoms with van der Waals surface area (Å²) in [6.45, 7) is 3.94. The van der Waals surface area contributed by atoms with Crippen molar-refractivity contribution in [3.8, 4) is 0 Å². The summed E-state index contributed by atoms with van der Waals surface area (Å²) < 4.78 is 27.6. The third-order valence-corrected chi connectivity index (χ3v) is 2.87. The SMILES string of the molecule is CCCNC(=O)C(C)Nc1c(F)cc(C(N)=S)cc1F. The zero-order valence-corrected chi connectivity index (χ0v) is 12.1. The lowest BCUT2D eigenvalue weighted by molar-refractivity contribution is -0.121. The molecule has 110 valence electrons. The molecule has 1 unspecified atom stereocenters. The summed E-state index contributed by atoms with van der Waals surface area (Å²) in [5, 5.41) is 5.14. The number of halogens is 2. The molecule has 4 N–H and O–H groups in total. The van der Waals surface area contributed by atoms with Gasteiger partial charge in [0.1, 0.15) is 28.4 Å². The highest BCUT2D eigenvalue weighted by atomic mass is 32.1. The molecule has 0 saturated carbocycles. The second-order valence-electron chi connectivity index (χ2n) is 4.34. The van der Waals surface area contributed by atoms with Crippen LogP contribution in [0.1, 0.15) is 25.8 Å². The maximum atomic E-state index is 13.8. The third-order valence-electron chi connectivity index (χ3n) is 2.63. The van der Waals surface area contributed by atoms with Crippen LogP contribution < -0.4 is 16.4 Å². The highest BCUT2D eigenvalue weighted by Crippen LogP contribution is 2.21. The molecule has 1 rings (SSSR count). The molecule has 0 saturated heterocycles. The second kappa shape index (κ2) is 7.14. The number of hydrogen-bond acceptors (Lipinski definition) is 3. The fourth-order valence-corrected chi connectivity index (χ4v) is 1.65. The molecule has 0 bridgehead atoms. The van der Waals surface area contributed by atoms with Crippen molar-refractivity contribution in [3.63, 3.8) is 0 Å². The van der Waals surface area contributed by atoms with E-state index in [0.717, 1.165) is 18.6 Å². The monoisotopic (exact) mass is 301 g/mol. The number of thiocarbonyl (C=S) groups is 1. The number of nitrogens with one attached hydrogen (secondary N) is 2. The average Bonchev–Trinajstić information content (AvgIpc) is 2.39. The van der Waals surface area contributed by atoms with Crippen LogP contribution in [0.5, 0.6) is 0 Å². The van der Waals surface area contributed by atoms with Gasteiger partial charge in [-0.3, -0.25) is 4.79 Å². The fourth-order valence-electron chi connectivity index (χ4n) is 1.54. The molecule has 0 aliphatic rings. The van der Waals surface area contributed by atoms with Gasteiger partial charge < -0.3 is 16.4 Å². The van der Waals surface area contributed by atoms with Gasteiger partial charge in [0.15, 0.2) is 0 Å². The topological polar surface area (TPSA) is 67.2 Å². The molecule has 1 aromatic rings. The van der Waals surface area contributed by atoms with E-state index < -0.39 is 17.7 Å². The van der Waals surface area contributed by atoms with Gasteiger partial charge in [-0.25, -0.2) is 8.78 Å². The second-order valence-corrected chi connectivity index (χ2v) is 4.78. The summed E-state index contributed by atoms with van der Waals surface area (Å²) in [5.41, 5.74) is 5.05. The van der Waals surface area contributed by atoms with E-state index in [1.807, 2.05) is 6.92 Å². The standard InChI is InChI=1S/C13H17F2N3OS/c1-3-4-17-13(19)7(2)18-11-9(14)5-8(12(16)20)6-10(11)15/h5-7,18H,3-4H2,1-2H3,(H2,16,20)(H,17,19). The van der Waals surface area contributed by atoms with Crippen molar-refractivity contribution in [2.75, 3.05) is 11.9 Å². The summed E-state index contributed by atoms with van der Waals surface area (Å²) in [6, 6.07) is 1.30. The predicted octanol–water partition coefficient (Wildman–Crippen LogP) is 1.93. The number of hydrogen-bond donors (Lipinski definition) is 3. The van der Waals surface area contributed by atoms with Gasteiger partial charge in [-0.2, -0.15) is 0 Å². The Labute approximate surface area is 121 Å². The number of carbonyl (C=O) groups excluding carboxylic acids is 1. The molecule has 20 heavy (non-hydrogen) atoms. The molecular formula is C13H17F2N3OS. The number of nitrogens with two attached hydrogens (primary N) is 1. The lowest BCUT2D eigenvalue weighted by atomic mass is 10.1. The molecule has 4 nitrogen and oxygen atoms in total. The van der Waals surface area contributed by atoms with E-state index in [9.17, 15) is 13.6 Å². The summed E-state index contributed by atoms with van der Waals surface area (Å²) in [5.74, 6) is -2.02. The number of amides is 1. The van der Waals surface area contributed by atoms with Gasteiger partial charge in [0.2, 0.25) is 5.91 Å². The van der Waals surface area contributed by atoms with Gasteiger partial charge >= 0.3 is 0 Å². The lowest BCUT2D eigenvalue weighted by Gasteiger charge is -2.16. The maximum absolute atomic E-state index is 13.8. The first kappa shape index (κ1) is 16.3. The Morgan fingerprint density at radius 2 is 1.95 bits per heavy atom. The van der Waals surface area contributed by atoms with Gasteiger partial charge in [-0.15, -0.1) is 0 Å². The zero-order valence-electron chi connectivity index (χ0n) is 11.3. The van der Waals surface area contributed by atoms with Crippen molar-refractivity contribution in [3.05, 3.63) is 29.3 Å². The van der Waals surface area contributed by atoms with Gasteiger partial charge in [0, 0.05) is 12.1 Å². The Hall–Kier alpha value is -1.76. The van der Waals surface area contributed by atoms with Crippen LogP contribution in [0.3, 0.4) is 0 Å². The van der Waals surface area contributed by atoms with Crippen LogP contribution in [-0.2, 0) is 4.79 Å². The molecular weight excluding hydrogens is 284 g/mol. The molecule has 0 spiro atoms. The molecule has 1 atom stereocenters. The van der Waals surface area contributed by atoms with Gasteiger partial charge in [0.05, 0.1) is 0 Å². The van der Waals surface area contributed by atoms with E-state index in [2.05, 4.69) is 22.9 Å². The van der Waals surface area contributed by atoms with Crippen LogP contribution in [-0.4, -0.2) is 23.5 Å². The number of anilines is 1. The molecule has 0 fully saturated rings. The van der Waals surface area contributed by atoms with Crippen LogP contribution in [0.25, 0.3) is 0 Å². The van der Waals surface area contributed by atoms with Crippen molar-refractivity contribution in [2.45, 2.75) is 26.3 Å². The molecule has 0 aromatic heterocycles. The largest absolute Gasteiger partial charge is 0.389 e. The van der Waals surface area contributed by atoms with E-state index in [1.54, 1.807) is 0 Å². The summed E-state index contributed by atoms with van der Waals surface area (Å²) >= 11 is 4.66. The van der Waals surface area contributed by atoms with Crippen molar-refractivity contribution in [1.29, 1.82) is 0 Å². The number of benzene rings is 1. The predicted molar refractivity (Wildman–Crippen MR) is 78.6 cm³/mol. The highest BCUT2D eigenvalue weighted by Gasteiger charge is 2.18. The van der Waals surface area contributed by atoms with Crippen molar-refractivity contribution >= 4 is 28.8 Å². The molecule has 7 heteroatoms. The van der Waals surface area contributed by atoms with Crippen LogP contribution in [0, 0.1) is 11.6 Å². The number of carbonyl (C=O) groups is 1. The van der Waals surface area contributed by atoms with Crippen LogP contribution in [0.4, 0.5) is 14.5 Å². The van der Waals surface area contributed by atoms with E-state index in [4.69, 9.17) is 5.73 Å². The van der Waals surface area contributed by atoms with Crippen molar-refractivity contribution < 1.29 is 13.6 Å². The van der Waals surface area contributed by atoms with Crippen LogP contribution in [0.15, 0.2) is 12.1 Å². The maximum Gasteiger partial charge on any atom is 0.242 e. The summed E-state index contributed by atoms with van der Waals surface area (Å²) in [7, 11) is 0. The molecule has 0 aliphatic carbocycles. The highest BCUT2D eigenvalue weighted by molar-refractivity contribution is 7.80. The Kier molecular flexibility index (Phi) is 5.82. The van der Waals surface area contributed by atoms with Gasteiger partial charge in [-0.1, -0.05) is 19.1 Å². The van der Waals surface area contributed by atoms with Crippen molar-refractivity contribution in [1.82, 2.24) is 5.32 Å². The van der Waals surface area contributed by atoms with Gasteiger partial charge in [-0.05, 0) is 25.5 Å². The minimum atomic E-state index is -0.844. The number of rotatable bonds is 6. The Morgan fingerprint density at radius 3 is 2.40 bits per heavy atom. The minimum absolute atomic E-state index is 0.0944. The van der Waals surface area contributed by atoms with Gasteiger partial charge in [0.25, 0.3) is 0 Å². The Bertz CT molecular complexity index is 499. The first-order valence-electron chi connectivity index (χ1n) is 6.19. The quantitative estimate of drug-likeness (QED) is 0.702. The average molecular weight is 301 g/mol. The summed E-state index contributed by atoms with van der Waals surface area (Å²) in [4.78, 5) is 11.6. The van der Waals surface area contributed by atoms with E-state index >= 15 is 0 Å². The van der Waals surface area contributed by atoms with E-state index in [0.29, 0.717) is 6.54 Å². The summed E-state index contributed by atoms with van der Waals surface area (Å²) in [6.07, 6.45) is 0.782. The van der Waals surface area contributed by atoms with E-state index in [-0.39, 0.29) is 22.1 Å². The minimum Gasteiger partial charge on any atom is -0.389 e. The smallest absolute Gasteiger partial charge is 0.242 e. The van der Waals surface area contributed by atoms with Crippen LogP contribution in [0.2, 0.25) is 0 Å². The van der Waals surface area contributed by atoms with Crippen molar-refractivity contribution in [2.24, 2.45) is 5.73 Å². The first-order chi connectivity index (χ1) is 9.36. The molecule has 0 aliphatic heterocycles. The molecule has 1 aromatic carbocycles. The molecule has 0 radical (unpaired) electrons.